The van der Waals surface area contributed by atoms with E-state index in [1.54, 1.807) is 18.2 Å². The number of aryl methyl sites for hydroxylation is 1. The minimum atomic E-state index is -4.13. The number of sulfonamides is 1. The molecule has 1 aliphatic heterocycles. The van der Waals surface area contributed by atoms with Gasteiger partial charge in [0.05, 0.1) is 21.6 Å². The fraction of sp³-hybridized carbons (Fsp3) is 0.321. The van der Waals surface area contributed by atoms with Crippen LogP contribution < -0.4 is 14.4 Å². The van der Waals surface area contributed by atoms with Crippen molar-refractivity contribution >= 4 is 44.8 Å². The van der Waals surface area contributed by atoms with Gasteiger partial charge in [0, 0.05) is 17.0 Å². The summed E-state index contributed by atoms with van der Waals surface area (Å²) in [5.41, 5.74) is 1.49. The highest BCUT2D eigenvalue weighted by Gasteiger charge is 2.39. The molecule has 0 spiro atoms. The van der Waals surface area contributed by atoms with Crippen molar-refractivity contribution in [3.8, 4) is 5.75 Å². The second-order valence-electron chi connectivity index (χ2n) is 9.27. The number of amides is 1. The van der Waals surface area contributed by atoms with Crippen molar-refractivity contribution in [2.45, 2.75) is 56.6 Å². The van der Waals surface area contributed by atoms with Gasteiger partial charge < -0.3 is 10.1 Å². The van der Waals surface area contributed by atoms with Gasteiger partial charge in [-0.2, -0.15) is 0 Å². The van der Waals surface area contributed by atoms with Crippen molar-refractivity contribution in [2.24, 2.45) is 0 Å². The lowest BCUT2D eigenvalue weighted by Crippen LogP contribution is -2.47. The van der Waals surface area contributed by atoms with Gasteiger partial charge in [-0.05, 0) is 56.2 Å². The van der Waals surface area contributed by atoms with Gasteiger partial charge in [-0.15, -0.1) is 0 Å². The molecule has 1 N–H and O–H groups in total. The molecule has 37 heavy (non-hydrogen) atoms. The van der Waals surface area contributed by atoms with Gasteiger partial charge in [-0.3, -0.25) is 9.10 Å². The second kappa shape index (κ2) is 10.9. The lowest BCUT2D eigenvalue weighted by Gasteiger charge is -2.41. The highest BCUT2D eigenvalue weighted by molar-refractivity contribution is 7.92. The predicted octanol–water partition coefficient (Wildman–Crippen LogP) is 6.70. The van der Waals surface area contributed by atoms with Crippen molar-refractivity contribution < 1.29 is 17.9 Å². The zero-order chi connectivity index (χ0) is 26.8. The molecule has 3 aromatic carbocycles. The quantitative estimate of drug-likeness (QED) is 0.332. The molecule has 0 saturated carbocycles. The Morgan fingerprint density at radius 3 is 2.41 bits per heavy atom. The van der Waals surface area contributed by atoms with Gasteiger partial charge >= 0.3 is 0 Å². The van der Waals surface area contributed by atoms with Crippen LogP contribution in [0.1, 0.15) is 50.3 Å². The van der Waals surface area contributed by atoms with E-state index in [-0.39, 0.29) is 21.6 Å². The van der Waals surface area contributed by atoms with Gasteiger partial charge in [0.2, 0.25) is 5.91 Å². The molecule has 9 heteroatoms. The molecule has 4 rings (SSSR count). The molecule has 1 amide bonds. The van der Waals surface area contributed by atoms with Gasteiger partial charge in [0.15, 0.2) is 0 Å². The Labute approximate surface area is 228 Å². The van der Waals surface area contributed by atoms with E-state index >= 15 is 0 Å². The molecule has 0 fully saturated rings. The van der Waals surface area contributed by atoms with Crippen molar-refractivity contribution in [1.29, 1.82) is 0 Å². The number of nitrogens with one attached hydrogen (secondary N) is 1. The van der Waals surface area contributed by atoms with E-state index in [4.69, 9.17) is 27.9 Å². The van der Waals surface area contributed by atoms with E-state index in [0.717, 1.165) is 34.0 Å². The van der Waals surface area contributed by atoms with Crippen molar-refractivity contribution in [1.82, 2.24) is 5.32 Å². The monoisotopic (exact) mass is 560 g/mol. The largest absolute Gasteiger partial charge is 0.487 e. The number of fused-ring (bicyclic) bond motifs is 1. The molecule has 1 heterocycles. The van der Waals surface area contributed by atoms with Crippen LogP contribution in [0.25, 0.3) is 0 Å². The first-order valence-corrected chi connectivity index (χ1v) is 14.4. The molecule has 0 bridgehead atoms. The zero-order valence-corrected chi connectivity index (χ0v) is 23.3. The molecule has 196 valence electrons. The van der Waals surface area contributed by atoms with Crippen LogP contribution in [-0.2, 0) is 14.8 Å². The van der Waals surface area contributed by atoms with Crippen LogP contribution in [0.3, 0.4) is 0 Å². The van der Waals surface area contributed by atoms with Crippen LogP contribution in [0.4, 0.5) is 5.69 Å². The van der Waals surface area contributed by atoms with Gasteiger partial charge in [-0.1, -0.05) is 72.9 Å². The lowest BCUT2D eigenvalue weighted by atomic mass is 9.83. The maximum Gasteiger partial charge on any atom is 0.264 e. The van der Waals surface area contributed by atoms with E-state index < -0.39 is 28.1 Å². The summed E-state index contributed by atoms with van der Waals surface area (Å²) in [4.78, 5) is 13.5. The third kappa shape index (κ3) is 5.74. The maximum absolute atomic E-state index is 13.8. The Hall–Kier alpha value is -2.74. The molecule has 0 aliphatic carbocycles. The summed E-state index contributed by atoms with van der Waals surface area (Å²) in [7, 11) is -4.13. The van der Waals surface area contributed by atoms with Crippen LogP contribution in [0, 0.1) is 6.92 Å². The SMILES string of the molecule is CCC1(CC)C[C@@H](NC(=O)CN(c2cc(Cl)ccc2Cl)S(=O)(=O)c2ccc(C)cc2)c2ccccc2O1. The van der Waals surface area contributed by atoms with Crippen molar-refractivity contribution in [3.63, 3.8) is 0 Å². The molecule has 1 atom stereocenters. The summed E-state index contributed by atoms with van der Waals surface area (Å²) in [6.45, 7) is 5.52. The number of hydrogen-bond acceptors (Lipinski definition) is 4. The van der Waals surface area contributed by atoms with E-state index in [1.165, 1.54) is 24.3 Å². The topological polar surface area (TPSA) is 75.7 Å². The van der Waals surface area contributed by atoms with E-state index in [9.17, 15) is 13.2 Å². The van der Waals surface area contributed by atoms with Crippen LogP contribution in [0.15, 0.2) is 71.6 Å². The molecule has 0 radical (unpaired) electrons. The van der Waals surface area contributed by atoms with Crippen LogP contribution in [0.2, 0.25) is 10.0 Å². The van der Waals surface area contributed by atoms with Gasteiger partial charge in [0.1, 0.15) is 17.9 Å². The van der Waals surface area contributed by atoms with Crippen LogP contribution in [-0.4, -0.2) is 26.5 Å². The number of anilines is 1. The highest BCUT2D eigenvalue weighted by Crippen LogP contribution is 2.42. The number of nitrogens with zero attached hydrogens (tertiary/aromatic N) is 1. The minimum Gasteiger partial charge on any atom is -0.487 e. The van der Waals surface area contributed by atoms with E-state index in [0.29, 0.717) is 11.4 Å². The summed E-state index contributed by atoms with van der Waals surface area (Å²) in [5.74, 6) is 0.263. The zero-order valence-electron chi connectivity index (χ0n) is 21.0. The fourth-order valence-corrected chi connectivity index (χ4v) is 6.48. The average molecular weight is 562 g/mol. The molecule has 3 aromatic rings. The van der Waals surface area contributed by atoms with Crippen molar-refractivity contribution in [2.75, 3.05) is 10.8 Å². The molecule has 1 aliphatic rings. The number of ether oxygens (including phenoxy) is 1. The fourth-order valence-electron chi connectivity index (χ4n) is 4.61. The number of benzene rings is 3. The summed E-state index contributed by atoms with van der Waals surface area (Å²) >= 11 is 12.6. The first kappa shape index (κ1) is 27.3. The van der Waals surface area contributed by atoms with E-state index in [1.807, 2.05) is 31.2 Å². The lowest BCUT2D eigenvalue weighted by molar-refractivity contribution is -0.121. The molecular weight excluding hydrogens is 531 g/mol. The summed E-state index contributed by atoms with van der Waals surface area (Å²) in [6.07, 6.45) is 2.12. The molecule has 0 aromatic heterocycles. The Bertz CT molecular complexity index is 1390. The second-order valence-corrected chi connectivity index (χ2v) is 12.0. The van der Waals surface area contributed by atoms with Crippen molar-refractivity contribution in [3.05, 3.63) is 87.9 Å². The standard InChI is InChI=1S/C28H30Cl2N2O4S/c1-4-28(5-2)17-24(22-8-6-7-9-26(22)36-28)31-27(33)18-32(25-16-20(29)12-15-23(25)30)37(34,35)21-13-10-19(3)11-14-21/h6-16,24H,4-5,17-18H2,1-3H3,(H,31,33)/t24-/m1/s1. The molecule has 0 saturated heterocycles. The number of para-hydroxylation sites is 1. The Kier molecular flexibility index (Phi) is 8.07. The number of hydrogen-bond donors (Lipinski definition) is 1. The summed E-state index contributed by atoms with van der Waals surface area (Å²) in [5, 5.41) is 3.53. The third-order valence-corrected chi connectivity index (χ3v) is 9.22. The highest BCUT2D eigenvalue weighted by atomic mass is 35.5. The van der Waals surface area contributed by atoms with Crippen LogP contribution in [0.5, 0.6) is 5.75 Å². The molecule has 6 nitrogen and oxygen atoms in total. The first-order valence-electron chi connectivity index (χ1n) is 12.2. The number of carbonyl (C=O) groups excluding carboxylic acids is 1. The van der Waals surface area contributed by atoms with Gasteiger partial charge in [-0.25, -0.2) is 8.42 Å². The summed E-state index contributed by atoms with van der Waals surface area (Å²) in [6, 6.07) is 18.2. The van der Waals surface area contributed by atoms with E-state index in [2.05, 4.69) is 19.2 Å². The number of carbonyl (C=O) groups is 1. The smallest absolute Gasteiger partial charge is 0.264 e. The number of rotatable bonds is 8. The van der Waals surface area contributed by atoms with Gasteiger partial charge in [0.25, 0.3) is 10.0 Å². The Morgan fingerprint density at radius 1 is 1.05 bits per heavy atom. The normalized spacial score (nSPS) is 16.4. The molecule has 0 unspecified atom stereocenters. The first-order chi connectivity index (χ1) is 17.6. The third-order valence-electron chi connectivity index (χ3n) is 6.89. The average Bonchev–Trinajstić information content (AvgIpc) is 2.89. The minimum absolute atomic E-state index is 0.0503. The summed E-state index contributed by atoms with van der Waals surface area (Å²) < 4.78 is 34.9. The Morgan fingerprint density at radius 2 is 1.73 bits per heavy atom. The molecular formula is C28H30Cl2N2O4S. The predicted molar refractivity (Wildman–Crippen MR) is 148 cm³/mol. The number of halogens is 2. The Balaban J connectivity index is 1.69. The maximum atomic E-state index is 13.8. The van der Waals surface area contributed by atoms with Crippen LogP contribution >= 0.6 is 23.2 Å².